The number of Topliss-reactive ketones (excluding diaryl/α,β-unsaturated/α-hetero) is 2. The number of aromatic nitrogens is 1. The van der Waals surface area contributed by atoms with Gasteiger partial charge in [0.05, 0.1) is 12.5 Å². The van der Waals surface area contributed by atoms with Gasteiger partial charge >= 0.3 is 0 Å². The lowest BCUT2D eigenvalue weighted by Crippen LogP contribution is -2.27. The van der Waals surface area contributed by atoms with E-state index in [1.165, 1.54) is 5.56 Å². The van der Waals surface area contributed by atoms with Crippen LogP contribution in [0.3, 0.4) is 0 Å². The molecule has 6 rings (SSSR count). The van der Waals surface area contributed by atoms with Gasteiger partial charge in [-0.3, -0.25) is 9.59 Å². The number of phenols is 2. The number of hydrogen-bond donors (Lipinski definition) is 3. The third-order valence-corrected chi connectivity index (χ3v) is 9.63. The Morgan fingerprint density at radius 1 is 0.952 bits per heavy atom. The molecule has 0 amide bonds. The van der Waals surface area contributed by atoms with Crippen LogP contribution in [0.25, 0.3) is 6.08 Å². The van der Waals surface area contributed by atoms with Crippen molar-refractivity contribution in [1.29, 1.82) is 0 Å². The first-order chi connectivity index (χ1) is 20.4. The van der Waals surface area contributed by atoms with Crippen molar-refractivity contribution < 1.29 is 24.5 Å². The molecule has 0 aliphatic heterocycles. The number of fused-ring (bicyclic) bond motifs is 2. The number of ketones is 2. The molecule has 6 heteroatoms. The predicted molar refractivity (Wildman–Crippen MR) is 163 cm³/mol. The SMILES string of the molecule is O=C(CCc1ccc(O)c(OC2CCCC2)c1)CC(=O)[C@@H]1C=Cc2[nH]ccc2[C@H]1C[C@H]1CCc2cccc(O)c2CC1. The summed E-state index contributed by atoms with van der Waals surface area (Å²) in [5, 5.41) is 20.6. The average molecular weight is 568 g/mol. The molecule has 0 bridgehead atoms. The van der Waals surface area contributed by atoms with E-state index >= 15 is 0 Å². The number of allylic oxidation sites excluding steroid dienone is 1. The largest absolute Gasteiger partial charge is 0.508 e. The number of hydrogen-bond acceptors (Lipinski definition) is 5. The molecule has 3 N–H and O–H groups in total. The van der Waals surface area contributed by atoms with Gasteiger partial charge in [0.1, 0.15) is 17.3 Å². The number of carbonyl (C=O) groups is 2. The number of aryl methyl sites for hydroxylation is 2. The summed E-state index contributed by atoms with van der Waals surface area (Å²) in [6, 6.07) is 13.2. The number of nitrogens with one attached hydrogen (secondary N) is 1. The van der Waals surface area contributed by atoms with Crippen LogP contribution in [0.4, 0.5) is 0 Å². The van der Waals surface area contributed by atoms with Gasteiger partial charge in [-0.2, -0.15) is 0 Å². The summed E-state index contributed by atoms with van der Waals surface area (Å²) in [4.78, 5) is 30.0. The molecule has 1 fully saturated rings. The van der Waals surface area contributed by atoms with E-state index < -0.39 is 0 Å². The van der Waals surface area contributed by atoms with Crippen molar-refractivity contribution in [3.05, 3.63) is 82.7 Å². The molecular weight excluding hydrogens is 526 g/mol. The van der Waals surface area contributed by atoms with Gasteiger partial charge in [0.25, 0.3) is 0 Å². The highest BCUT2D eigenvalue weighted by Gasteiger charge is 2.35. The van der Waals surface area contributed by atoms with Crippen LogP contribution in [0.2, 0.25) is 0 Å². The lowest BCUT2D eigenvalue weighted by Gasteiger charge is -2.30. The molecule has 6 nitrogen and oxygen atoms in total. The molecule has 1 aromatic heterocycles. The third-order valence-electron chi connectivity index (χ3n) is 9.63. The summed E-state index contributed by atoms with van der Waals surface area (Å²) in [6.07, 6.45) is 15.7. The zero-order chi connectivity index (χ0) is 29.1. The van der Waals surface area contributed by atoms with Gasteiger partial charge in [-0.1, -0.05) is 24.3 Å². The first-order valence-corrected chi connectivity index (χ1v) is 15.6. The van der Waals surface area contributed by atoms with Crippen LogP contribution in [-0.2, 0) is 28.9 Å². The normalized spacial score (nSPS) is 21.9. The van der Waals surface area contributed by atoms with Crippen molar-refractivity contribution in [1.82, 2.24) is 4.98 Å². The molecule has 0 unspecified atom stereocenters. The van der Waals surface area contributed by atoms with Crippen molar-refractivity contribution >= 4 is 17.6 Å². The number of aromatic amines is 1. The second-order valence-corrected chi connectivity index (χ2v) is 12.4. The standard InChI is InChI=1S/C36H41NO5/c38-26(13-9-24-11-17-34(40)36(21-24)42-27-5-1-2-6-27)22-35(41)30-15-16-32-29(18-19-37-32)31(30)20-23-8-12-25-4-3-7-33(39)28(25)14-10-23/h3-4,7,11,15-19,21,23,27,30-31,37,39-40H,1-2,5-6,8-10,12-14,20,22H2/t23-,30+,31+/m0/s1. The summed E-state index contributed by atoms with van der Waals surface area (Å²) in [5.74, 6) is 1.06. The molecule has 220 valence electrons. The second-order valence-electron chi connectivity index (χ2n) is 12.4. The Labute approximate surface area is 247 Å². The molecular formula is C36H41NO5. The van der Waals surface area contributed by atoms with E-state index in [1.54, 1.807) is 12.1 Å². The Bertz CT molecular complexity index is 1460. The number of phenolic OH excluding ortho intramolecular Hbond substituents is 2. The zero-order valence-electron chi connectivity index (χ0n) is 24.2. The van der Waals surface area contributed by atoms with Crippen molar-refractivity contribution in [3.8, 4) is 17.2 Å². The Morgan fingerprint density at radius 2 is 1.79 bits per heavy atom. The van der Waals surface area contributed by atoms with Crippen LogP contribution in [-0.4, -0.2) is 32.9 Å². The van der Waals surface area contributed by atoms with Gasteiger partial charge in [-0.05, 0) is 129 Å². The summed E-state index contributed by atoms with van der Waals surface area (Å²) in [7, 11) is 0. The zero-order valence-corrected chi connectivity index (χ0v) is 24.2. The number of aromatic hydroxyl groups is 2. The fraction of sp³-hybridized carbons (Fsp3) is 0.444. The first-order valence-electron chi connectivity index (χ1n) is 15.6. The molecule has 1 heterocycles. The molecule has 3 aliphatic rings. The summed E-state index contributed by atoms with van der Waals surface area (Å²) >= 11 is 0. The van der Waals surface area contributed by atoms with E-state index in [0.29, 0.717) is 23.8 Å². The van der Waals surface area contributed by atoms with Crippen LogP contribution < -0.4 is 4.74 Å². The second kappa shape index (κ2) is 12.6. The topological polar surface area (TPSA) is 99.6 Å². The number of ether oxygens (including phenoxy) is 1. The van der Waals surface area contributed by atoms with Crippen LogP contribution in [0.15, 0.2) is 54.7 Å². The van der Waals surface area contributed by atoms with Crippen LogP contribution >= 0.6 is 0 Å². The Balaban J connectivity index is 1.08. The minimum absolute atomic E-state index is 0.0152. The maximum Gasteiger partial charge on any atom is 0.161 e. The Morgan fingerprint density at radius 3 is 2.64 bits per heavy atom. The summed E-state index contributed by atoms with van der Waals surface area (Å²) < 4.78 is 6.01. The van der Waals surface area contributed by atoms with Gasteiger partial charge < -0.3 is 19.9 Å². The molecule has 3 aliphatic carbocycles. The molecule has 0 radical (unpaired) electrons. The number of rotatable bonds is 10. The van der Waals surface area contributed by atoms with Crippen molar-refractivity contribution in [3.63, 3.8) is 0 Å². The molecule has 1 saturated carbocycles. The van der Waals surface area contributed by atoms with Gasteiger partial charge in [0.15, 0.2) is 11.5 Å². The van der Waals surface area contributed by atoms with Crippen LogP contribution in [0.5, 0.6) is 17.2 Å². The van der Waals surface area contributed by atoms with Gasteiger partial charge in [0, 0.05) is 24.2 Å². The minimum Gasteiger partial charge on any atom is -0.508 e. The average Bonchev–Trinajstić information content (AvgIpc) is 3.63. The van der Waals surface area contributed by atoms with E-state index in [9.17, 15) is 19.8 Å². The maximum absolute atomic E-state index is 13.6. The third kappa shape index (κ3) is 6.33. The van der Waals surface area contributed by atoms with Gasteiger partial charge in [-0.15, -0.1) is 0 Å². The molecule has 3 atom stereocenters. The molecule has 42 heavy (non-hydrogen) atoms. The van der Waals surface area contributed by atoms with Gasteiger partial charge in [-0.25, -0.2) is 0 Å². The quantitative estimate of drug-likeness (QED) is 0.177. The highest BCUT2D eigenvalue weighted by molar-refractivity contribution is 6.01. The summed E-state index contributed by atoms with van der Waals surface area (Å²) in [6.45, 7) is 0. The van der Waals surface area contributed by atoms with E-state index in [2.05, 4.69) is 17.1 Å². The monoisotopic (exact) mass is 567 g/mol. The molecule has 0 spiro atoms. The van der Waals surface area contributed by atoms with Crippen LogP contribution in [0, 0.1) is 11.8 Å². The van der Waals surface area contributed by atoms with Crippen molar-refractivity contribution in [2.45, 2.75) is 89.1 Å². The van der Waals surface area contributed by atoms with E-state index in [1.807, 2.05) is 36.5 Å². The number of benzene rings is 2. The number of carbonyl (C=O) groups excluding carboxylic acids is 2. The lowest BCUT2D eigenvalue weighted by atomic mass is 9.73. The Kier molecular flexibility index (Phi) is 8.50. The van der Waals surface area contributed by atoms with Crippen LogP contribution in [0.1, 0.15) is 91.7 Å². The van der Waals surface area contributed by atoms with E-state index in [0.717, 1.165) is 80.2 Å². The fourth-order valence-corrected chi connectivity index (χ4v) is 7.26. The highest BCUT2D eigenvalue weighted by Crippen LogP contribution is 2.42. The molecule has 2 aromatic carbocycles. The summed E-state index contributed by atoms with van der Waals surface area (Å²) in [5.41, 5.74) is 5.43. The first kappa shape index (κ1) is 28.3. The maximum atomic E-state index is 13.6. The number of H-pyrrole nitrogens is 1. The Hall–Kier alpha value is -3.80. The lowest BCUT2D eigenvalue weighted by molar-refractivity contribution is -0.128. The molecule has 3 aromatic rings. The fourth-order valence-electron chi connectivity index (χ4n) is 7.26. The van der Waals surface area contributed by atoms with Gasteiger partial charge in [0.2, 0.25) is 0 Å². The minimum atomic E-state index is -0.323. The smallest absolute Gasteiger partial charge is 0.161 e. The van der Waals surface area contributed by atoms with Crippen molar-refractivity contribution in [2.75, 3.05) is 0 Å². The van der Waals surface area contributed by atoms with E-state index in [-0.39, 0.29) is 48.1 Å². The predicted octanol–water partition coefficient (Wildman–Crippen LogP) is 7.22. The van der Waals surface area contributed by atoms with E-state index in [4.69, 9.17) is 4.74 Å². The molecule has 0 saturated heterocycles. The van der Waals surface area contributed by atoms with Crippen molar-refractivity contribution in [2.24, 2.45) is 11.8 Å². The highest BCUT2D eigenvalue weighted by atomic mass is 16.5.